The van der Waals surface area contributed by atoms with E-state index in [0.29, 0.717) is 17.8 Å². The largest absolute Gasteiger partial charge is 0.348 e. The van der Waals surface area contributed by atoms with Crippen LogP contribution >= 0.6 is 0 Å². The Labute approximate surface area is 118 Å². The minimum atomic E-state index is -0.160. The van der Waals surface area contributed by atoms with Crippen LogP contribution in [-0.2, 0) is 13.0 Å². The summed E-state index contributed by atoms with van der Waals surface area (Å²) < 4.78 is 0. The maximum Gasteiger partial charge on any atom is 0.251 e. The molecule has 1 heterocycles. The van der Waals surface area contributed by atoms with Gasteiger partial charge in [0.2, 0.25) is 0 Å². The quantitative estimate of drug-likeness (QED) is 0.923. The van der Waals surface area contributed by atoms with Crippen molar-refractivity contribution in [3.8, 4) is 6.07 Å². The molecule has 2 aromatic rings. The number of carbonyl (C=O) groups is 1. The van der Waals surface area contributed by atoms with Gasteiger partial charge in [0, 0.05) is 18.3 Å². The fourth-order valence-electron chi connectivity index (χ4n) is 1.79. The van der Waals surface area contributed by atoms with Crippen LogP contribution in [0.5, 0.6) is 0 Å². The van der Waals surface area contributed by atoms with Crippen LogP contribution in [0.2, 0.25) is 0 Å². The molecule has 0 saturated heterocycles. The molecule has 1 aromatic carbocycles. The number of nitrogens with zero attached hydrogens (tertiary/aromatic N) is 2. The van der Waals surface area contributed by atoms with E-state index in [1.807, 2.05) is 37.3 Å². The van der Waals surface area contributed by atoms with E-state index in [1.54, 1.807) is 18.3 Å². The van der Waals surface area contributed by atoms with Gasteiger partial charge in [-0.1, -0.05) is 29.8 Å². The Kier molecular flexibility index (Phi) is 4.46. The first kappa shape index (κ1) is 13.8. The normalized spacial score (nSPS) is 9.80. The SMILES string of the molecule is Cc1ccc(CNC(=O)c2ccnc(CC#N)c2)cc1. The first-order chi connectivity index (χ1) is 9.69. The zero-order valence-corrected chi connectivity index (χ0v) is 11.3. The molecular weight excluding hydrogens is 250 g/mol. The number of amides is 1. The Balaban J connectivity index is 1.99. The average molecular weight is 265 g/mol. The van der Waals surface area contributed by atoms with Crippen LogP contribution in [0.25, 0.3) is 0 Å². The third-order valence-electron chi connectivity index (χ3n) is 2.91. The fraction of sp³-hybridized carbons (Fsp3) is 0.188. The van der Waals surface area contributed by atoms with Crippen LogP contribution in [0.15, 0.2) is 42.6 Å². The summed E-state index contributed by atoms with van der Waals surface area (Å²) >= 11 is 0. The highest BCUT2D eigenvalue weighted by atomic mass is 16.1. The van der Waals surface area contributed by atoms with Gasteiger partial charge in [-0.15, -0.1) is 0 Å². The van der Waals surface area contributed by atoms with Gasteiger partial charge >= 0.3 is 0 Å². The van der Waals surface area contributed by atoms with E-state index in [-0.39, 0.29) is 12.3 Å². The van der Waals surface area contributed by atoms with Crippen LogP contribution in [0.4, 0.5) is 0 Å². The van der Waals surface area contributed by atoms with Crippen molar-refractivity contribution in [1.29, 1.82) is 5.26 Å². The Bertz CT molecular complexity index is 642. The van der Waals surface area contributed by atoms with E-state index in [9.17, 15) is 4.79 Å². The smallest absolute Gasteiger partial charge is 0.251 e. The average Bonchev–Trinajstić information content (AvgIpc) is 2.47. The van der Waals surface area contributed by atoms with Crippen molar-refractivity contribution in [1.82, 2.24) is 10.3 Å². The van der Waals surface area contributed by atoms with Gasteiger partial charge in [-0.05, 0) is 24.6 Å². The molecule has 2 rings (SSSR count). The van der Waals surface area contributed by atoms with Gasteiger partial charge in [0.15, 0.2) is 0 Å². The van der Waals surface area contributed by atoms with E-state index >= 15 is 0 Å². The number of nitrogens with one attached hydrogen (secondary N) is 1. The Morgan fingerprint density at radius 2 is 2.05 bits per heavy atom. The van der Waals surface area contributed by atoms with Crippen LogP contribution < -0.4 is 5.32 Å². The molecule has 0 aliphatic carbocycles. The Morgan fingerprint density at radius 1 is 1.30 bits per heavy atom. The Hall–Kier alpha value is -2.67. The first-order valence-electron chi connectivity index (χ1n) is 6.34. The number of nitriles is 1. The van der Waals surface area contributed by atoms with Gasteiger partial charge in [0.1, 0.15) is 0 Å². The summed E-state index contributed by atoms with van der Waals surface area (Å²) in [6.07, 6.45) is 1.76. The molecule has 0 saturated carbocycles. The number of rotatable bonds is 4. The zero-order chi connectivity index (χ0) is 14.4. The molecule has 4 heteroatoms. The number of benzene rings is 1. The second-order valence-corrected chi connectivity index (χ2v) is 4.54. The third-order valence-corrected chi connectivity index (χ3v) is 2.91. The van der Waals surface area contributed by atoms with Gasteiger partial charge < -0.3 is 5.32 Å². The third kappa shape index (κ3) is 3.66. The minimum Gasteiger partial charge on any atom is -0.348 e. The summed E-state index contributed by atoms with van der Waals surface area (Å²) in [6.45, 7) is 2.51. The monoisotopic (exact) mass is 265 g/mol. The zero-order valence-electron chi connectivity index (χ0n) is 11.3. The summed E-state index contributed by atoms with van der Waals surface area (Å²) in [6, 6.07) is 13.3. The lowest BCUT2D eigenvalue weighted by atomic mass is 10.1. The highest BCUT2D eigenvalue weighted by Gasteiger charge is 2.06. The molecule has 20 heavy (non-hydrogen) atoms. The molecule has 4 nitrogen and oxygen atoms in total. The molecule has 0 atom stereocenters. The lowest BCUT2D eigenvalue weighted by molar-refractivity contribution is 0.0950. The van der Waals surface area contributed by atoms with E-state index in [2.05, 4.69) is 10.3 Å². The lowest BCUT2D eigenvalue weighted by Crippen LogP contribution is -2.23. The highest BCUT2D eigenvalue weighted by Crippen LogP contribution is 2.05. The van der Waals surface area contributed by atoms with Crippen molar-refractivity contribution in [2.24, 2.45) is 0 Å². The van der Waals surface area contributed by atoms with Gasteiger partial charge in [-0.25, -0.2) is 0 Å². The van der Waals surface area contributed by atoms with Crippen molar-refractivity contribution in [2.75, 3.05) is 0 Å². The predicted octanol–water partition coefficient (Wildman–Crippen LogP) is 2.39. The van der Waals surface area contributed by atoms with Crippen molar-refractivity contribution < 1.29 is 4.79 Å². The molecule has 0 aliphatic heterocycles. The number of hydrogen-bond acceptors (Lipinski definition) is 3. The van der Waals surface area contributed by atoms with Crippen LogP contribution in [0.1, 0.15) is 27.2 Å². The molecule has 1 aromatic heterocycles. The predicted molar refractivity (Wildman–Crippen MR) is 75.9 cm³/mol. The van der Waals surface area contributed by atoms with Gasteiger partial charge in [-0.2, -0.15) is 5.26 Å². The molecule has 100 valence electrons. The molecule has 0 fully saturated rings. The molecule has 0 unspecified atom stereocenters. The number of aryl methyl sites for hydroxylation is 1. The summed E-state index contributed by atoms with van der Waals surface area (Å²) in [5, 5.41) is 11.5. The van der Waals surface area contributed by atoms with Gasteiger partial charge in [-0.3, -0.25) is 9.78 Å². The van der Waals surface area contributed by atoms with Crippen molar-refractivity contribution in [2.45, 2.75) is 19.9 Å². The van der Waals surface area contributed by atoms with Crippen LogP contribution in [0.3, 0.4) is 0 Å². The van der Waals surface area contributed by atoms with Crippen LogP contribution in [0, 0.1) is 18.3 Å². The molecule has 1 N–H and O–H groups in total. The van der Waals surface area contributed by atoms with E-state index in [4.69, 9.17) is 5.26 Å². The molecule has 0 aliphatic rings. The second-order valence-electron chi connectivity index (χ2n) is 4.54. The second kappa shape index (κ2) is 6.48. The van der Waals surface area contributed by atoms with Gasteiger partial charge in [0.25, 0.3) is 5.91 Å². The number of aromatic nitrogens is 1. The Morgan fingerprint density at radius 3 is 2.75 bits per heavy atom. The molecular formula is C16H15N3O. The summed E-state index contributed by atoms with van der Waals surface area (Å²) in [5.74, 6) is -0.160. The number of hydrogen-bond donors (Lipinski definition) is 1. The molecule has 0 spiro atoms. The first-order valence-corrected chi connectivity index (χ1v) is 6.34. The standard InChI is InChI=1S/C16H15N3O/c1-12-2-4-13(5-3-12)11-19-16(20)14-7-9-18-15(10-14)6-8-17/h2-5,7,9-10H,6,11H2,1H3,(H,19,20). The maximum absolute atomic E-state index is 12.0. The van der Waals surface area contributed by atoms with Gasteiger partial charge in [0.05, 0.1) is 18.2 Å². The summed E-state index contributed by atoms with van der Waals surface area (Å²) in [5.41, 5.74) is 3.37. The topological polar surface area (TPSA) is 65.8 Å². The van der Waals surface area contributed by atoms with E-state index in [0.717, 1.165) is 5.56 Å². The number of pyridine rings is 1. The number of carbonyl (C=O) groups excluding carboxylic acids is 1. The molecule has 0 radical (unpaired) electrons. The summed E-state index contributed by atoms with van der Waals surface area (Å²) in [4.78, 5) is 16.1. The summed E-state index contributed by atoms with van der Waals surface area (Å²) in [7, 11) is 0. The fourth-order valence-corrected chi connectivity index (χ4v) is 1.79. The highest BCUT2D eigenvalue weighted by molar-refractivity contribution is 5.94. The molecule has 1 amide bonds. The lowest BCUT2D eigenvalue weighted by Gasteiger charge is -2.06. The minimum absolute atomic E-state index is 0.160. The van der Waals surface area contributed by atoms with Crippen molar-refractivity contribution in [3.05, 3.63) is 65.0 Å². The van der Waals surface area contributed by atoms with Crippen molar-refractivity contribution >= 4 is 5.91 Å². The van der Waals surface area contributed by atoms with Crippen LogP contribution in [-0.4, -0.2) is 10.9 Å². The maximum atomic E-state index is 12.0. The van der Waals surface area contributed by atoms with Crippen molar-refractivity contribution in [3.63, 3.8) is 0 Å². The van der Waals surface area contributed by atoms with E-state index in [1.165, 1.54) is 5.56 Å². The molecule has 0 bridgehead atoms. The van der Waals surface area contributed by atoms with E-state index < -0.39 is 0 Å².